The first-order valence-electron chi connectivity index (χ1n) is 8.72. The van der Waals surface area contributed by atoms with Crippen molar-refractivity contribution < 1.29 is 40.8 Å². The number of hydrogen-bond acceptors (Lipinski definition) is 6. The number of rotatable bonds is 6. The second kappa shape index (κ2) is 6.40. The second-order valence-corrected chi connectivity index (χ2v) is 9.19. The van der Waals surface area contributed by atoms with Crippen molar-refractivity contribution in [3.05, 3.63) is 0 Å². The Hall–Kier alpha value is -1.29. The van der Waals surface area contributed by atoms with E-state index in [1.165, 1.54) is 0 Å². The van der Waals surface area contributed by atoms with E-state index in [2.05, 4.69) is 4.74 Å². The first-order valence-corrected chi connectivity index (χ1v) is 10.2. The number of esters is 2. The van der Waals surface area contributed by atoms with Gasteiger partial charge in [0.25, 0.3) is 0 Å². The summed E-state index contributed by atoms with van der Waals surface area (Å²) in [5, 5.41) is -5.13. The molecule has 4 aliphatic carbocycles. The lowest BCUT2D eigenvalue weighted by Crippen LogP contribution is -2.59. The molecule has 26 heavy (non-hydrogen) atoms. The van der Waals surface area contributed by atoms with Crippen LogP contribution in [0.4, 0.5) is 8.78 Å². The normalized spacial score (nSPS) is 36.0. The Bertz CT molecular complexity index is 691. The lowest BCUT2D eigenvalue weighted by Gasteiger charge is -2.60. The van der Waals surface area contributed by atoms with Gasteiger partial charge in [-0.25, -0.2) is 9.59 Å². The number of carbonyl (C=O) groups excluding carboxylic acids is 2. The van der Waals surface area contributed by atoms with Crippen LogP contribution in [0.5, 0.6) is 0 Å². The Morgan fingerprint density at radius 2 is 1.77 bits per heavy atom. The number of carbonyl (C=O) groups is 2. The van der Waals surface area contributed by atoms with Crippen molar-refractivity contribution in [3.63, 3.8) is 0 Å². The van der Waals surface area contributed by atoms with E-state index in [1.54, 1.807) is 0 Å². The van der Waals surface area contributed by atoms with Crippen LogP contribution in [0, 0.1) is 23.7 Å². The van der Waals surface area contributed by atoms with Crippen molar-refractivity contribution in [2.75, 3.05) is 6.61 Å². The fraction of sp³-hybridized carbons (Fsp3) is 0.875. The highest BCUT2D eigenvalue weighted by atomic mass is 32.2. The molecular formula is C16H22F2O7S. The van der Waals surface area contributed by atoms with E-state index in [9.17, 15) is 26.8 Å². The van der Waals surface area contributed by atoms with Crippen molar-refractivity contribution in [1.82, 2.24) is 0 Å². The molecule has 148 valence electrons. The fourth-order valence-electron chi connectivity index (χ4n) is 5.51. The van der Waals surface area contributed by atoms with Gasteiger partial charge in [-0.05, 0) is 56.3 Å². The van der Waals surface area contributed by atoms with Crippen LogP contribution in [0.2, 0.25) is 0 Å². The summed E-state index contributed by atoms with van der Waals surface area (Å²) in [6, 6.07) is 0. The highest BCUT2D eigenvalue weighted by Gasteiger charge is 2.59. The third kappa shape index (κ3) is 3.21. The van der Waals surface area contributed by atoms with Gasteiger partial charge >= 0.3 is 27.3 Å². The van der Waals surface area contributed by atoms with Crippen LogP contribution in [-0.2, 0) is 29.2 Å². The first-order chi connectivity index (χ1) is 12.0. The molecule has 0 aromatic rings. The minimum Gasteiger partial charge on any atom is -0.456 e. The smallest absolute Gasteiger partial charge is 0.456 e. The van der Waals surface area contributed by atoms with Crippen molar-refractivity contribution in [2.45, 2.75) is 56.3 Å². The molecular weight excluding hydrogens is 374 g/mol. The van der Waals surface area contributed by atoms with Gasteiger partial charge in [0.2, 0.25) is 0 Å². The molecule has 1 N–H and O–H groups in total. The monoisotopic (exact) mass is 396 g/mol. The van der Waals surface area contributed by atoms with Crippen LogP contribution in [0.25, 0.3) is 0 Å². The Kier molecular flexibility index (Phi) is 4.79. The van der Waals surface area contributed by atoms with E-state index in [1.807, 2.05) is 6.92 Å². The van der Waals surface area contributed by atoms with Crippen molar-refractivity contribution in [2.24, 2.45) is 23.7 Å². The van der Waals surface area contributed by atoms with Crippen molar-refractivity contribution >= 4 is 22.1 Å². The zero-order valence-electron chi connectivity index (χ0n) is 14.3. The standard InChI is InChI=1S/C16H22F2O7S/c1-2-12-11-4-9-3-10(5-11)7-15(12,6-9)25-13(19)8-24-14(20)16(17,18)26(21,22)23/h9-12H,2-8H2,1H3,(H,21,22,23). The molecule has 3 unspecified atom stereocenters. The van der Waals surface area contributed by atoms with Gasteiger partial charge in [0.1, 0.15) is 5.60 Å². The molecule has 4 bridgehead atoms. The quantitative estimate of drug-likeness (QED) is 0.541. The van der Waals surface area contributed by atoms with E-state index in [-0.39, 0.29) is 5.92 Å². The number of ether oxygens (including phenoxy) is 2. The molecule has 0 aliphatic heterocycles. The summed E-state index contributed by atoms with van der Waals surface area (Å²) < 4.78 is 65.4. The molecule has 4 saturated carbocycles. The third-order valence-corrected chi connectivity index (χ3v) is 6.91. The van der Waals surface area contributed by atoms with Gasteiger partial charge in [-0.15, -0.1) is 0 Å². The predicted octanol–water partition coefficient (Wildman–Crippen LogP) is 2.16. The van der Waals surface area contributed by atoms with Gasteiger partial charge in [-0.1, -0.05) is 6.92 Å². The molecule has 4 aliphatic rings. The van der Waals surface area contributed by atoms with E-state index < -0.39 is 39.5 Å². The van der Waals surface area contributed by atoms with Crippen molar-refractivity contribution in [1.29, 1.82) is 0 Å². The van der Waals surface area contributed by atoms with Gasteiger partial charge in [-0.3, -0.25) is 4.55 Å². The summed E-state index contributed by atoms with van der Waals surface area (Å²) in [5.41, 5.74) is -0.654. The van der Waals surface area contributed by atoms with Crippen LogP contribution in [0.1, 0.15) is 45.4 Å². The van der Waals surface area contributed by atoms with Gasteiger partial charge in [0.05, 0.1) is 0 Å². The zero-order chi connectivity index (χ0) is 19.3. The third-order valence-electron chi connectivity index (χ3n) is 6.09. The molecule has 4 rings (SSSR count). The highest BCUT2D eigenvalue weighted by molar-refractivity contribution is 7.87. The Balaban J connectivity index is 1.64. The topological polar surface area (TPSA) is 107 Å². The van der Waals surface area contributed by atoms with Gasteiger partial charge in [-0.2, -0.15) is 17.2 Å². The Morgan fingerprint density at radius 1 is 1.19 bits per heavy atom. The summed E-state index contributed by atoms with van der Waals surface area (Å²) in [4.78, 5) is 23.3. The van der Waals surface area contributed by atoms with E-state index >= 15 is 0 Å². The lowest BCUT2D eigenvalue weighted by molar-refractivity contribution is -0.213. The molecule has 3 atom stereocenters. The summed E-state index contributed by atoms with van der Waals surface area (Å²) >= 11 is 0. The Morgan fingerprint density at radius 3 is 2.27 bits per heavy atom. The molecule has 0 saturated heterocycles. The molecule has 0 aromatic carbocycles. The summed E-state index contributed by atoms with van der Waals surface area (Å²) in [6.45, 7) is 0.900. The average Bonchev–Trinajstić information content (AvgIpc) is 2.50. The number of hydrogen-bond donors (Lipinski definition) is 1. The maximum atomic E-state index is 13.1. The predicted molar refractivity (Wildman–Crippen MR) is 83.6 cm³/mol. The van der Waals surface area contributed by atoms with Crippen LogP contribution in [0.15, 0.2) is 0 Å². The molecule has 0 aromatic heterocycles. The largest absolute Gasteiger partial charge is 0.465 e. The zero-order valence-corrected chi connectivity index (χ0v) is 15.1. The van der Waals surface area contributed by atoms with E-state index in [0.29, 0.717) is 17.8 Å². The highest BCUT2D eigenvalue weighted by Crippen LogP contribution is 2.60. The van der Waals surface area contributed by atoms with Gasteiger partial charge in [0, 0.05) is 5.92 Å². The van der Waals surface area contributed by atoms with Crippen LogP contribution < -0.4 is 0 Å². The van der Waals surface area contributed by atoms with Crippen LogP contribution >= 0.6 is 0 Å². The molecule has 0 radical (unpaired) electrons. The van der Waals surface area contributed by atoms with E-state index in [4.69, 9.17) is 9.29 Å². The Labute approximate surface area is 150 Å². The van der Waals surface area contributed by atoms with Gasteiger partial charge in [0.15, 0.2) is 6.61 Å². The molecule has 0 heterocycles. The maximum absolute atomic E-state index is 13.1. The maximum Gasteiger partial charge on any atom is 0.465 e. The summed E-state index contributed by atoms with van der Waals surface area (Å²) in [7, 11) is -5.97. The van der Waals surface area contributed by atoms with E-state index in [0.717, 1.165) is 38.5 Å². The minimum absolute atomic E-state index is 0.189. The molecule has 0 amide bonds. The van der Waals surface area contributed by atoms with Crippen LogP contribution in [0.3, 0.4) is 0 Å². The minimum atomic E-state index is -5.97. The molecule has 10 heteroatoms. The molecule has 4 fully saturated rings. The summed E-state index contributed by atoms with van der Waals surface area (Å²) in [6.07, 6.45) is 5.62. The molecule has 0 spiro atoms. The second-order valence-electron chi connectivity index (χ2n) is 7.73. The lowest BCUT2D eigenvalue weighted by atomic mass is 9.49. The SMILES string of the molecule is CCC1C2CC3CC(C2)CC1(OC(=O)COC(=O)C(F)(F)S(=O)(=O)O)C3. The average molecular weight is 396 g/mol. The fourth-order valence-corrected chi connectivity index (χ4v) is 5.78. The molecule has 7 nitrogen and oxygen atoms in total. The number of halogens is 2. The van der Waals surface area contributed by atoms with Crippen molar-refractivity contribution in [3.8, 4) is 0 Å². The van der Waals surface area contributed by atoms with Crippen LogP contribution in [-0.4, -0.2) is 42.4 Å². The van der Waals surface area contributed by atoms with Gasteiger partial charge < -0.3 is 9.47 Å². The number of alkyl halides is 2. The first kappa shape index (κ1) is 19.5. The summed E-state index contributed by atoms with van der Waals surface area (Å²) in [5.74, 6) is -1.86.